The zero-order valence-electron chi connectivity index (χ0n) is 16.3. The number of fused-ring (bicyclic) bond motifs is 1. The molecule has 27 heavy (non-hydrogen) atoms. The van der Waals surface area contributed by atoms with E-state index in [9.17, 15) is 20.0 Å². The maximum absolute atomic E-state index is 12.8. The summed E-state index contributed by atoms with van der Waals surface area (Å²) >= 11 is 1.51. The molecule has 0 unspecified atom stereocenters. The summed E-state index contributed by atoms with van der Waals surface area (Å²) in [5.41, 5.74) is 1.88. The first-order chi connectivity index (χ1) is 12.7. The molecule has 5 nitrogen and oxygen atoms in total. The van der Waals surface area contributed by atoms with E-state index in [0.717, 1.165) is 37.7 Å². The monoisotopic (exact) mass is 388 g/mol. The molecule has 1 fully saturated rings. The summed E-state index contributed by atoms with van der Waals surface area (Å²) in [6.07, 6.45) is 5.74. The fraction of sp³-hybridized carbons (Fsp3) is 0.667. The largest absolute Gasteiger partial charge is 0.481 e. The number of hydrogen-bond acceptors (Lipinski definition) is 4. The van der Waals surface area contributed by atoms with E-state index in [2.05, 4.69) is 32.2 Å². The van der Waals surface area contributed by atoms with Gasteiger partial charge in [-0.05, 0) is 49.0 Å². The molecule has 6 heteroatoms. The van der Waals surface area contributed by atoms with Gasteiger partial charge in [-0.25, -0.2) is 0 Å². The minimum atomic E-state index is -0.895. The van der Waals surface area contributed by atoms with E-state index in [4.69, 9.17) is 0 Å². The maximum atomic E-state index is 12.8. The second-order valence-electron chi connectivity index (χ2n) is 8.95. The van der Waals surface area contributed by atoms with Gasteiger partial charge in [-0.1, -0.05) is 33.6 Å². The summed E-state index contributed by atoms with van der Waals surface area (Å²) < 4.78 is 0. The number of anilines is 1. The van der Waals surface area contributed by atoms with Crippen LogP contribution < -0.4 is 5.32 Å². The minimum Gasteiger partial charge on any atom is -0.481 e. The maximum Gasteiger partial charge on any atom is 0.307 e. The molecule has 0 aliphatic heterocycles. The van der Waals surface area contributed by atoms with Crippen molar-refractivity contribution in [3.05, 3.63) is 16.0 Å². The zero-order valence-corrected chi connectivity index (χ0v) is 17.1. The highest BCUT2D eigenvalue weighted by molar-refractivity contribution is 7.16. The Morgan fingerprint density at radius 1 is 1.19 bits per heavy atom. The third kappa shape index (κ3) is 4.03. The molecule has 1 aromatic heterocycles. The number of nitrogens with zero attached hydrogens (tertiary/aromatic N) is 1. The molecule has 3 atom stereocenters. The van der Waals surface area contributed by atoms with Gasteiger partial charge >= 0.3 is 5.97 Å². The summed E-state index contributed by atoms with van der Waals surface area (Å²) in [4.78, 5) is 25.5. The Morgan fingerprint density at radius 2 is 1.85 bits per heavy atom. The van der Waals surface area contributed by atoms with Crippen LogP contribution in [0.15, 0.2) is 0 Å². The summed E-state index contributed by atoms with van der Waals surface area (Å²) in [6.45, 7) is 6.75. The smallest absolute Gasteiger partial charge is 0.307 e. The first-order valence-electron chi connectivity index (χ1n) is 9.80. The predicted octanol–water partition coefficient (Wildman–Crippen LogP) is 4.60. The van der Waals surface area contributed by atoms with Crippen LogP contribution >= 0.6 is 11.3 Å². The van der Waals surface area contributed by atoms with Crippen molar-refractivity contribution < 1.29 is 14.7 Å². The van der Waals surface area contributed by atoms with E-state index in [-0.39, 0.29) is 11.3 Å². The lowest BCUT2D eigenvalue weighted by atomic mass is 9.72. The number of nitriles is 1. The number of carbonyl (C=O) groups excluding carboxylic acids is 1. The SMILES string of the molecule is CC(C)(C)[C@H]1CCc2c(sc(NC(=O)[C@@H]3CCCC[C@@H]3C(=O)O)c2C#N)C1. The van der Waals surface area contributed by atoms with Crippen LogP contribution in [0, 0.1) is 34.5 Å². The van der Waals surface area contributed by atoms with Crippen LogP contribution in [0.2, 0.25) is 0 Å². The Labute approximate surface area is 164 Å². The van der Waals surface area contributed by atoms with E-state index in [1.807, 2.05) is 0 Å². The highest BCUT2D eigenvalue weighted by atomic mass is 32.1. The molecular weight excluding hydrogens is 360 g/mol. The fourth-order valence-electron chi connectivity index (χ4n) is 4.48. The first-order valence-corrected chi connectivity index (χ1v) is 10.6. The zero-order chi connectivity index (χ0) is 19.8. The van der Waals surface area contributed by atoms with E-state index >= 15 is 0 Å². The van der Waals surface area contributed by atoms with Gasteiger partial charge in [0.2, 0.25) is 5.91 Å². The molecule has 2 aliphatic carbocycles. The molecule has 1 amide bonds. The van der Waals surface area contributed by atoms with Crippen LogP contribution in [0.25, 0.3) is 0 Å². The van der Waals surface area contributed by atoms with Crippen LogP contribution in [0.3, 0.4) is 0 Å². The lowest BCUT2D eigenvalue weighted by Gasteiger charge is -2.33. The fourth-order valence-corrected chi connectivity index (χ4v) is 5.76. The van der Waals surface area contributed by atoms with E-state index in [1.54, 1.807) is 0 Å². The van der Waals surface area contributed by atoms with Crippen LogP contribution in [-0.4, -0.2) is 17.0 Å². The molecule has 1 saturated carbocycles. The molecule has 1 heterocycles. The number of hydrogen-bond donors (Lipinski definition) is 2. The molecule has 2 aliphatic rings. The Hall–Kier alpha value is -1.87. The number of carboxylic acid groups (broad SMARTS) is 1. The second-order valence-corrected chi connectivity index (χ2v) is 10.1. The van der Waals surface area contributed by atoms with Crippen LogP contribution in [0.5, 0.6) is 0 Å². The Balaban J connectivity index is 1.82. The summed E-state index contributed by atoms with van der Waals surface area (Å²) in [7, 11) is 0. The van der Waals surface area contributed by atoms with Gasteiger partial charge in [0, 0.05) is 4.88 Å². The summed E-state index contributed by atoms with van der Waals surface area (Å²) in [6, 6.07) is 2.28. The normalized spacial score (nSPS) is 25.3. The molecule has 0 saturated heterocycles. The average molecular weight is 389 g/mol. The van der Waals surface area contributed by atoms with Crippen molar-refractivity contribution in [1.82, 2.24) is 0 Å². The number of carbonyl (C=O) groups is 2. The number of nitrogens with one attached hydrogen (secondary N) is 1. The van der Waals surface area contributed by atoms with Gasteiger partial charge in [-0.3, -0.25) is 9.59 Å². The summed E-state index contributed by atoms with van der Waals surface area (Å²) in [5.74, 6) is -1.71. The highest BCUT2D eigenvalue weighted by Gasteiger charge is 2.37. The van der Waals surface area contributed by atoms with Gasteiger partial charge in [0.05, 0.1) is 17.4 Å². The van der Waals surface area contributed by atoms with Crippen molar-refractivity contribution in [2.75, 3.05) is 5.32 Å². The minimum absolute atomic E-state index is 0.217. The van der Waals surface area contributed by atoms with Gasteiger partial charge in [0.1, 0.15) is 11.1 Å². The van der Waals surface area contributed by atoms with Gasteiger partial charge in [0.15, 0.2) is 0 Å². The second kappa shape index (κ2) is 7.63. The van der Waals surface area contributed by atoms with E-state index in [0.29, 0.717) is 29.3 Å². The summed E-state index contributed by atoms with van der Waals surface area (Å²) in [5, 5.41) is 22.6. The molecule has 146 valence electrons. The standard InChI is InChI=1S/C21H28N2O3S/c1-21(2,3)12-8-9-13-16(11-22)19(27-17(13)10-12)23-18(24)14-6-4-5-7-15(14)20(25)26/h12,14-15H,4-10H2,1-3H3,(H,23,24)(H,25,26)/t12-,14+,15-/m0/s1. The van der Waals surface area contributed by atoms with Crippen molar-refractivity contribution >= 4 is 28.2 Å². The Morgan fingerprint density at radius 3 is 2.44 bits per heavy atom. The molecule has 0 bridgehead atoms. The molecular formula is C21H28N2O3S. The lowest BCUT2D eigenvalue weighted by molar-refractivity contribution is -0.147. The topological polar surface area (TPSA) is 90.2 Å². The van der Waals surface area contributed by atoms with Crippen molar-refractivity contribution in [3.8, 4) is 6.07 Å². The number of amides is 1. The number of carboxylic acids is 1. The number of rotatable bonds is 3. The Kier molecular flexibility index (Phi) is 5.62. The first kappa shape index (κ1) is 19.9. The molecule has 3 rings (SSSR count). The van der Waals surface area contributed by atoms with Crippen LogP contribution in [-0.2, 0) is 22.4 Å². The van der Waals surface area contributed by atoms with Gasteiger partial charge in [-0.2, -0.15) is 5.26 Å². The van der Waals surface area contributed by atoms with E-state index < -0.39 is 17.8 Å². The van der Waals surface area contributed by atoms with Crippen molar-refractivity contribution in [2.24, 2.45) is 23.2 Å². The van der Waals surface area contributed by atoms with Gasteiger partial charge in [0.25, 0.3) is 0 Å². The third-order valence-electron chi connectivity index (χ3n) is 6.26. The molecule has 2 N–H and O–H groups in total. The van der Waals surface area contributed by atoms with Crippen LogP contribution in [0.4, 0.5) is 5.00 Å². The number of aliphatic carboxylic acids is 1. The third-order valence-corrected chi connectivity index (χ3v) is 7.43. The van der Waals surface area contributed by atoms with Crippen molar-refractivity contribution in [3.63, 3.8) is 0 Å². The van der Waals surface area contributed by atoms with Crippen molar-refractivity contribution in [2.45, 2.75) is 65.7 Å². The Bertz CT molecular complexity index is 785. The molecule has 1 aromatic rings. The molecule has 0 aromatic carbocycles. The van der Waals surface area contributed by atoms with Gasteiger partial charge < -0.3 is 10.4 Å². The lowest BCUT2D eigenvalue weighted by Crippen LogP contribution is -2.36. The molecule has 0 spiro atoms. The van der Waals surface area contributed by atoms with Gasteiger partial charge in [-0.15, -0.1) is 11.3 Å². The quantitative estimate of drug-likeness (QED) is 0.792. The van der Waals surface area contributed by atoms with E-state index in [1.165, 1.54) is 16.2 Å². The molecule has 0 radical (unpaired) electrons. The average Bonchev–Trinajstić information content (AvgIpc) is 2.96. The number of thiophene rings is 1. The van der Waals surface area contributed by atoms with Crippen molar-refractivity contribution in [1.29, 1.82) is 5.26 Å². The predicted molar refractivity (Wildman–Crippen MR) is 106 cm³/mol. The van der Waals surface area contributed by atoms with Crippen LogP contribution in [0.1, 0.15) is 68.9 Å². The highest BCUT2D eigenvalue weighted by Crippen LogP contribution is 2.44.